The Labute approximate surface area is 143 Å². The molecule has 1 unspecified atom stereocenters. The van der Waals surface area contributed by atoms with Crippen molar-refractivity contribution < 1.29 is 14.3 Å². The monoisotopic (exact) mass is 325 g/mol. The summed E-state index contributed by atoms with van der Waals surface area (Å²) in [7, 11) is 0. The normalized spacial score (nSPS) is 17.6. The van der Waals surface area contributed by atoms with Crippen LogP contribution in [0.1, 0.15) is 22.8 Å². The van der Waals surface area contributed by atoms with Crippen molar-refractivity contribution in [3.63, 3.8) is 0 Å². The van der Waals surface area contributed by atoms with Crippen LogP contribution in [0.25, 0.3) is 0 Å². The van der Waals surface area contributed by atoms with Crippen LogP contribution in [-0.4, -0.2) is 37.1 Å². The minimum absolute atomic E-state index is 0.000735. The third-order valence-corrected chi connectivity index (χ3v) is 4.27. The summed E-state index contributed by atoms with van der Waals surface area (Å²) in [5.74, 6) is 0.765. The molecular formula is C20H23NO3. The molecule has 1 aliphatic rings. The number of hydrogen-bond donors (Lipinski definition) is 0. The van der Waals surface area contributed by atoms with Crippen molar-refractivity contribution in [2.45, 2.75) is 20.0 Å². The first-order valence-corrected chi connectivity index (χ1v) is 8.28. The van der Waals surface area contributed by atoms with E-state index in [2.05, 4.69) is 6.07 Å². The molecule has 3 rings (SSSR count). The maximum atomic E-state index is 12.5. The number of carbonyl (C=O) groups excluding carboxylic acids is 1. The van der Waals surface area contributed by atoms with Gasteiger partial charge in [0.25, 0.3) is 5.91 Å². The number of nitrogens with zero attached hydrogens (tertiary/aromatic N) is 1. The first kappa shape index (κ1) is 16.5. The zero-order chi connectivity index (χ0) is 16.9. The highest BCUT2D eigenvalue weighted by atomic mass is 16.5. The van der Waals surface area contributed by atoms with Crippen molar-refractivity contribution in [1.82, 2.24) is 4.90 Å². The lowest BCUT2D eigenvalue weighted by atomic mass is 10.1. The smallest absolute Gasteiger partial charge is 0.260 e. The van der Waals surface area contributed by atoms with Gasteiger partial charge >= 0.3 is 0 Å². The van der Waals surface area contributed by atoms with Gasteiger partial charge in [-0.05, 0) is 31.0 Å². The molecule has 0 spiro atoms. The molecule has 0 aromatic heterocycles. The fourth-order valence-electron chi connectivity index (χ4n) is 2.94. The van der Waals surface area contributed by atoms with Crippen molar-refractivity contribution in [2.75, 3.05) is 26.3 Å². The Kier molecular flexibility index (Phi) is 5.16. The maximum absolute atomic E-state index is 12.5. The van der Waals surface area contributed by atoms with E-state index in [0.29, 0.717) is 19.7 Å². The lowest BCUT2D eigenvalue weighted by Gasteiger charge is -2.33. The van der Waals surface area contributed by atoms with Crippen LogP contribution >= 0.6 is 0 Å². The Morgan fingerprint density at radius 2 is 2.00 bits per heavy atom. The molecule has 1 amide bonds. The second kappa shape index (κ2) is 7.49. The second-order valence-corrected chi connectivity index (χ2v) is 6.17. The average Bonchev–Trinajstić information content (AvgIpc) is 2.61. The lowest BCUT2D eigenvalue weighted by molar-refractivity contribution is -0.141. The molecule has 1 fully saturated rings. The molecule has 2 aromatic carbocycles. The van der Waals surface area contributed by atoms with Crippen molar-refractivity contribution in [3.05, 3.63) is 65.2 Å². The van der Waals surface area contributed by atoms with E-state index in [9.17, 15) is 4.79 Å². The SMILES string of the molecule is Cc1ccc(OCC(=O)N2CCOC(c3ccccc3)C2)c(C)c1. The molecule has 1 heterocycles. The van der Waals surface area contributed by atoms with Crippen LogP contribution in [0.15, 0.2) is 48.5 Å². The van der Waals surface area contributed by atoms with Crippen LogP contribution in [0.4, 0.5) is 0 Å². The Morgan fingerprint density at radius 3 is 2.75 bits per heavy atom. The van der Waals surface area contributed by atoms with Gasteiger partial charge in [-0.3, -0.25) is 4.79 Å². The molecule has 4 nitrogen and oxygen atoms in total. The summed E-state index contributed by atoms with van der Waals surface area (Å²) in [6.45, 7) is 5.82. The molecule has 1 saturated heterocycles. The van der Waals surface area contributed by atoms with Crippen LogP contribution in [-0.2, 0) is 9.53 Å². The summed E-state index contributed by atoms with van der Waals surface area (Å²) >= 11 is 0. The number of amides is 1. The molecule has 4 heteroatoms. The van der Waals surface area contributed by atoms with Gasteiger partial charge in [0.15, 0.2) is 6.61 Å². The van der Waals surface area contributed by atoms with E-state index in [1.807, 2.05) is 61.2 Å². The predicted molar refractivity (Wildman–Crippen MR) is 93.1 cm³/mol. The second-order valence-electron chi connectivity index (χ2n) is 6.17. The zero-order valence-corrected chi connectivity index (χ0v) is 14.2. The minimum atomic E-state index is -0.0648. The third-order valence-electron chi connectivity index (χ3n) is 4.27. The highest BCUT2D eigenvalue weighted by Crippen LogP contribution is 2.23. The first-order chi connectivity index (χ1) is 11.6. The highest BCUT2D eigenvalue weighted by molar-refractivity contribution is 5.78. The Balaban J connectivity index is 1.58. The third kappa shape index (κ3) is 3.95. The Hall–Kier alpha value is -2.33. The molecule has 24 heavy (non-hydrogen) atoms. The van der Waals surface area contributed by atoms with Gasteiger partial charge in [-0.25, -0.2) is 0 Å². The average molecular weight is 325 g/mol. The highest BCUT2D eigenvalue weighted by Gasteiger charge is 2.25. The van der Waals surface area contributed by atoms with Crippen molar-refractivity contribution in [3.8, 4) is 5.75 Å². The molecular weight excluding hydrogens is 302 g/mol. The summed E-state index contributed by atoms with van der Waals surface area (Å²) < 4.78 is 11.5. The van der Waals surface area contributed by atoms with Crippen LogP contribution in [0.2, 0.25) is 0 Å². The van der Waals surface area contributed by atoms with Gasteiger partial charge in [-0.2, -0.15) is 0 Å². The quantitative estimate of drug-likeness (QED) is 0.866. The van der Waals surface area contributed by atoms with Crippen LogP contribution in [0.5, 0.6) is 5.75 Å². The van der Waals surface area contributed by atoms with E-state index in [-0.39, 0.29) is 18.6 Å². The van der Waals surface area contributed by atoms with E-state index >= 15 is 0 Å². The standard InChI is InChI=1S/C20H23NO3/c1-15-8-9-18(16(2)12-15)24-14-20(22)21-10-11-23-19(13-21)17-6-4-3-5-7-17/h3-9,12,19H,10-11,13-14H2,1-2H3. The van der Waals surface area contributed by atoms with Gasteiger partial charge < -0.3 is 14.4 Å². The molecule has 0 N–H and O–H groups in total. The first-order valence-electron chi connectivity index (χ1n) is 8.28. The molecule has 2 aromatic rings. The number of rotatable bonds is 4. The van der Waals surface area contributed by atoms with Crippen LogP contribution in [0.3, 0.4) is 0 Å². The fraction of sp³-hybridized carbons (Fsp3) is 0.350. The Bertz CT molecular complexity index is 699. The van der Waals surface area contributed by atoms with Crippen LogP contribution in [0, 0.1) is 13.8 Å². The summed E-state index contributed by atoms with van der Waals surface area (Å²) in [4.78, 5) is 14.3. The molecule has 0 aliphatic carbocycles. The summed E-state index contributed by atoms with van der Waals surface area (Å²) in [5, 5.41) is 0. The van der Waals surface area contributed by atoms with Crippen molar-refractivity contribution >= 4 is 5.91 Å². The van der Waals surface area contributed by atoms with E-state index in [0.717, 1.165) is 16.9 Å². The topological polar surface area (TPSA) is 38.8 Å². The van der Waals surface area contributed by atoms with E-state index in [1.54, 1.807) is 0 Å². The van der Waals surface area contributed by atoms with Crippen molar-refractivity contribution in [2.24, 2.45) is 0 Å². The number of morpholine rings is 1. The summed E-state index contributed by atoms with van der Waals surface area (Å²) in [6.07, 6.45) is -0.0648. The minimum Gasteiger partial charge on any atom is -0.484 e. The Morgan fingerprint density at radius 1 is 1.21 bits per heavy atom. The molecule has 1 atom stereocenters. The molecule has 0 bridgehead atoms. The zero-order valence-electron chi connectivity index (χ0n) is 14.2. The van der Waals surface area contributed by atoms with Crippen molar-refractivity contribution in [1.29, 1.82) is 0 Å². The summed E-state index contributed by atoms with van der Waals surface area (Å²) in [5.41, 5.74) is 3.34. The number of benzene rings is 2. The van der Waals surface area contributed by atoms with Gasteiger partial charge in [0.2, 0.25) is 0 Å². The van der Waals surface area contributed by atoms with Gasteiger partial charge in [0.1, 0.15) is 11.9 Å². The van der Waals surface area contributed by atoms with Gasteiger partial charge in [0.05, 0.1) is 13.2 Å². The number of aryl methyl sites for hydroxylation is 2. The van der Waals surface area contributed by atoms with E-state index in [4.69, 9.17) is 9.47 Å². The molecule has 0 radical (unpaired) electrons. The predicted octanol–water partition coefficient (Wildman–Crippen LogP) is 3.28. The molecule has 126 valence electrons. The van der Waals surface area contributed by atoms with Gasteiger partial charge in [-0.15, -0.1) is 0 Å². The summed E-state index contributed by atoms with van der Waals surface area (Å²) in [6, 6.07) is 16.0. The van der Waals surface area contributed by atoms with Crippen LogP contribution < -0.4 is 4.74 Å². The number of ether oxygens (including phenoxy) is 2. The maximum Gasteiger partial charge on any atom is 0.260 e. The molecule has 0 saturated carbocycles. The van der Waals surface area contributed by atoms with Gasteiger partial charge in [0, 0.05) is 6.54 Å². The van der Waals surface area contributed by atoms with E-state index < -0.39 is 0 Å². The van der Waals surface area contributed by atoms with E-state index in [1.165, 1.54) is 5.56 Å². The lowest BCUT2D eigenvalue weighted by Crippen LogP contribution is -2.44. The largest absolute Gasteiger partial charge is 0.484 e. The van der Waals surface area contributed by atoms with Gasteiger partial charge in [-0.1, -0.05) is 48.0 Å². The molecule has 1 aliphatic heterocycles. The number of carbonyl (C=O) groups is 1. The fourth-order valence-corrected chi connectivity index (χ4v) is 2.94. The number of hydrogen-bond acceptors (Lipinski definition) is 3.